The minimum Gasteiger partial charge on any atom is -0.444 e. The van der Waals surface area contributed by atoms with E-state index < -0.39 is 17.7 Å². The SMILES string of the molecule is CC(C)(C)OC(=O)NC1=NC(c2cc(Br)ccc2F)Cn2cncc21. The number of aliphatic imine (C=N–C) groups is 1. The van der Waals surface area contributed by atoms with E-state index in [2.05, 4.69) is 31.2 Å². The third-order valence-corrected chi connectivity index (χ3v) is 4.04. The molecule has 2 aromatic rings. The van der Waals surface area contributed by atoms with Crippen molar-refractivity contribution in [2.75, 3.05) is 0 Å². The number of halogens is 2. The van der Waals surface area contributed by atoms with Gasteiger partial charge in [-0.25, -0.2) is 14.2 Å². The number of imidazole rings is 1. The van der Waals surface area contributed by atoms with Crippen LogP contribution < -0.4 is 5.32 Å². The lowest BCUT2D eigenvalue weighted by Gasteiger charge is -2.25. The number of aromatic nitrogens is 2. The maximum absolute atomic E-state index is 14.2. The predicted octanol–water partition coefficient (Wildman–Crippen LogP) is 3.81. The van der Waals surface area contributed by atoms with Crippen LogP contribution in [0.2, 0.25) is 0 Å². The van der Waals surface area contributed by atoms with E-state index >= 15 is 0 Å². The summed E-state index contributed by atoms with van der Waals surface area (Å²) >= 11 is 3.35. The third-order valence-electron chi connectivity index (χ3n) is 3.55. The van der Waals surface area contributed by atoms with Gasteiger partial charge in [0.15, 0.2) is 5.84 Å². The molecule has 0 radical (unpaired) electrons. The van der Waals surface area contributed by atoms with Crippen molar-refractivity contribution in [3.63, 3.8) is 0 Å². The number of benzene rings is 1. The highest BCUT2D eigenvalue weighted by molar-refractivity contribution is 9.10. The van der Waals surface area contributed by atoms with Crippen molar-refractivity contribution in [3.05, 3.63) is 52.3 Å². The van der Waals surface area contributed by atoms with Gasteiger partial charge >= 0.3 is 6.09 Å². The molecule has 2 heterocycles. The number of hydrogen-bond acceptors (Lipinski definition) is 4. The Kier molecular flexibility index (Phi) is 4.64. The van der Waals surface area contributed by atoms with Crippen molar-refractivity contribution < 1.29 is 13.9 Å². The lowest BCUT2D eigenvalue weighted by molar-refractivity contribution is 0.0562. The zero-order chi connectivity index (χ0) is 18.2. The molecule has 0 fully saturated rings. The van der Waals surface area contributed by atoms with Crippen molar-refractivity contribution in [2.24, 2.45) is 4.99 Å². The minimum atomic E-state index is -0.630. The Bertz CT molecular complexity index is 841. The average molecular weight is 409 g/mol. The number of amidine groups is 1. The standard InChI is InChI=1S/C17H18BrFN4O2/c1-17(2,3)25-16(24)22-15-14-7-20-9-23(14)8-13(21-15)11-6-10(18)4-5-12(11)19/h4-7,9,13H,8H2,1-3H3,(H,21,22,24). The molecule has 1 amide bonds. The van der Waals surface area contributed by atoms with Crippen molar-refractivity contribution in [1.29, 1.82) is 0 Å². The monoisotopic (exact) mass is 408 g/mol. The maximum Gasteiger partial charge on any atom is 0.413 e. The number of carbonyl (C=O) groups excluding carboxylic acids is 1. The second kappa shape index (κ2) is 6.59. The first-order valence-electron chi connectivity index (χ1n) is 7.76. The Labute approximate surface area is 153 Å². The zero-order valence-corrected chi connectivity index (χ0v) is 15.7. The molecule has 1 unspecified atom stereocenters. The van der Waals surface area contributed by atoms with Gasteiger partial charge < -0.3 is 9.30 Å². The number of fused-ring (bicyclic) bond motifs is 1. The van der Waals surface area contributed by atoms with Crippen LogP contribution in [0, 0.1) is 5.82 Å². The highest BCUT2D eigenvalue weighted by atomic mass is 79.9. The molecule has 0 saturated heterocycles. The second-order valence-corrected chi connectivity index (χ2v) is 7.63. The predicted molar refractivity (Wildman–Crippen MR) is 95.0 cm³/mol. The molecule has 132 valence electrons. The Balaban J connectivity index is 1.92. The second-order valence-electron chi connectivity index (χ2n) is 6.72. The van der Waals surface area contributed by atoms with Crippen LogP contribution in [-0.2, 0) is 11.3 Å². The van der Waals surface area contributed by atoms with E-state index in [9.17, 15) is 9.18 Å². The van der Waals surface area contributed by atoms with Crippen molar-refractivity contribution >= 4 is 27.9 Å². The zero-order valence-electron chi connectivity index (χ0n) is 14.1. The van der Waals surface area contributed by atoms with Gasteiger partial charge in [-0.1, -0.05) is 15.9 Å². The molecule has 0 bridgehead atoms. The lowest BCUT2D eigenvalue weighted by atomic mass is 10.1. The van der Waals surface area contributed by atoms with E-state index in [1.54, 1.807) is 45.4 Å². The summed E-state index contributed by atoms with van der Waals surface area (Å²) in [6.07, 6.45) is 2.61. The smallest absolute Gasteiger partial charge is 0.413 e. The molecule has 1 N–H and O–H groups in total. The fourth-order valence-electron chi connectivity index (χ4n) is 2.55. The number of rotatable bonds is 1. The molecule has 0 saturated carbocycles. The number of alkyl carbamates (subject to hydrolysis) is 1. The van der Waals surface area contributed by atoms with E-state index in [1.807, 2.05) is 4.57 Å². The van der Waals surface area contributed by atoms with Gasteiger partial charge in [-0.2, -0.15) is 0 Å². The van der Waals surface area contributed by atoms with E-state index in [1.165, 1.54) is 6.07 Å². The highest BCUT2D eigenvalue weighted by Crippen LogP contribution is 2.29. The summed E-state index contributed by atoms with van der Waals surface area (Å²) in [5.74, 6) is -0.0421. The summed E-state index contributed by atoms with van der Waals surface area (Å²) in [6.45, 7) is 5.76. The molecule has 3 rings (SSSR count). The summed E-state index contributed by atoms with van der Waals surface area (Å²) in [5.41, 5.74) is 0.463. The van der Waals surface area contributed by atoms with E-state index in [0.29, 0.717) is 23.6 Å². The number of amides is 1. The summed E-state index contributed by atoms with van der Waals surface area (Å²) in [5, 5.41) is 2.65. The van der Waals surface area contributed by atoms with Gasteiger partial charge in [0.2, 0.25) is 0 Å². The van der Waals surface area contributed by atoms with E-state index in [4.69, 9.17) is 4.74 Å². The Morgan fingerprint density at radius 3 is 2.92 bits per heavy atom. The van der Waals surface area contributed by atoms with Crippen LogP contribution in [0.5, 0.6) is 0 Å². The third kappa shape index (κ3) is 4.07. The van der Waals surface area contributed by atoms with Crippen LogP contribution in [0.1, 0.15) is 38.1 Å². The number of nitrogens with zero attached hydrogens (tertiary/aromatic N) is 3. The minimum absolute atomic E-state index is 0.308. The molecule has 0 spiro atoms. The molecule has 0 aliphatic carbocycles. The normalized spacial score (nSPS) is 16.8. The van der Waals surface area contributed by atoms with Crippen LogP contribution in [-0.4, -0.2) is 27.1 Å². The highest BCUT2D eigenvalue weighted by Gasteiger charge is 2.27. The fourth-order valence-corrected chi connectivity index (χ4v) is 2.93. The van der Waals surface area contributed by atoms with Gasteiger partial charge in [0.1, 0.15) is 17.1 Å². The summed E-state index contributed by atoms with van der Waals surface area (Å²) in [4.78, 5) is 20.7. The molecule has 8 heteroatoms. The van der Waals surface area contributed by atoms with Crippen LogP contribution >= 0.6 is 15.9 Å². The fraction of sp³-hybridized carbons (Fsp3) is 0.353. The van der Waals surface area contributed by atoms with Gasteiger partial charge in [-0.15, -0.1) is 0 Å². The first kappa shape index (κ1) is 17.6. The molecule has 25 heavy (non-hydrogen) atoms. The van der Waals surface area contributed by atoms with Crippen LogP contribution in [0.3, 0.4) is 0 Å². The molecule has 6 nitrogen and oxygen atoms in total. The van der Waals surface area contributed by atoms with E-state index in [-0.39, 0.29) is 5.82 Å². The molecular weight excluding hydrogens is 391 g/mol. The molecule has 1 atom stereocenters. The quantitative estimate of drug-likeness (QED) is 0.779. The Morgan fingerprint density at radius 2 is 2.20 bits per heavy atom. The molecule has 1 aliphatic rings. The van der Waals surface area contributed by atoms with Crippen LogP contribution in [0.25, 0.3) is 0 Å². The summed E-state index contributed by atoms with van der Waals surface area (Å²) in [6, 6.07) is 4.23. The Hall–Kier alpha value is -2.22. The summed E-state index contributed by atoms with van der Waals surface area (Å²) < 4.78 is 22.1. The lowest BCUT2D eigenvalue weighted by Crippen LogP contribution is -2.39. The van der Waals surface area contributed by atoms with Crippen molar-refractivity contribution in [2.45, 2.75) is 39.0 Å². The number of carbonyl (C=O) groups is 1. The van der Waals surface area contributed by atoms with Gasteiger partial charge in [-0.05, 0) is 39.0 Å². The first-order chi connectivity index (χ1) is 11.7. The van der Waals surface area contributed by atoms with Gasteiger partial charge in [0.25, 0.3) is 0 Å². The van der Waals surface area contributed by atoms with Gasteiger partial charge in [0.05, 0.1) is 25.1 Å². The summed E-state index contributed by atoms with van der Waals surface area (Å²) in [7, 11) is 0. The molecule has 1 aliphatic heterocycles. The van der Waals surface area contributed by atoms with E-state index in [0.717, 1.165) is 4.47 Å². The number of ether oxygens (including phenoxy) is 1. The average Bonchev–Trinajstić information content (AvgIpc) is 2.96. The first-order valence-corrected chi connectivity index (χ1v) is 8.55. The van der Waals surface area contributed by atoms with Crippen molar-refractivity contribution in [3.8, 4) is 0 Å². The molecular formula is C17H18BrFN4O2. The topological polar surface area (TPSA) is 68.5 Å². The number of nitrogens with one attached hydrogen (secondary N) is 1. The van der Waals surface area contributed by atoms with Crippen LogP contribution in [0.15, 0.2) is 40.2 Å². The molecule has 1 aromatic heterocycles. The largest absolute Gasteiger partial charge is 0.444 e. The van der Waals surface area contributed by atoms with Crippen molar-refractivity contribution in [1.82, 2.24) is 14.9 Å². The molecule has 1 aromatic carbocycles. The Morgan fingerprint density at radius 1 is 1.44 bits per heavy atom. The maximum atomic E-state index is 14.2. The van der Waals surface area contributed by atoms with Crippen LogP contribution in [0.4, 0.5) is 9.18 Å². The van der Waals surface area contributed by atoms with Gasteiger partial charge in [-0.3, -0.25) is 10.3 Å². The number of hydrogen-bond donors (Lipinski definition) is 1. The van der Waals surface area contributed by atoms with Gasteiger partial charge in [0, 0.05) is 10.0 Å².